The van der Waals surface area contributed by atoms with Crippen LogP contribution < -0.4 is 4.74 Å². The minimum Gasteiger partial charge on any atom is -0.455 e. The Balaban J connectivity index is 1.99. The predicted molar refractivity (Wildman–Crippen MR) is 74.1 cm³/mol. The van der Waals surface area contributed by atoms with Crippen molar-refractivity contribution < 1.29 is 14.2 Å². The molecular weight excluding hydrogens is 257 g/mol. The van der Waals surface area contributed by atoms with Crippen molar-refractivity contribution in [1.82, 2.24) is 4.98 Å². The van der Waals surface area contributed by atoms with Crippen LogP contribution >= 0.6 is 0 Å². The molecule has 3 nitrogen and oxygen atoms in total. The summed E-state index contributed by atoms with van der Waals surface area (Å²) in [6.45, 7) is -0.414. The van der Waals surface area contributed by atoms with Gasteiger partial charge in [-0.25, -0.2) is 4.39 Å². The van der Waals surface area contributed by atoms with Crippen molar-refractivity contribution >= 4 is 10.9 Å². The maximum absolute atomic E-state index is 13.6. The number of nitrogens with zero attached hydrogens (tertiary/aromatic N) is 1. The molecule has 0 amide bonds. The molecule has 1 aromatic heterocycles. The third-order valence-electron chi connectivity index (χ3n) is 3.03. The smallest absolute Gasteiger partial charge is 0.146 e. The molecule has 2 aromatic carbocycles. The number of aromatic nitrogens is 1. The van der Waals surface area contributed by atoms with Gasteiger partial charge in [0.05, 0.1) is 23.9 Å². The van der Waals surface area contributed by atoms with E-state index in [9.17, 15) is 9.50 Å². The molecule has 0 bridgehead atoms. The third-order valence-corrected chi connectivity index (χ3v) is 3.03. The molecule has 0 unspecified atom stereocenters. The summed E-state index contributed by atoms with van der Waals surface area (Å²) in [6, 6.07) is 13.9. The lowest BCUT2D eigenvalue weighted by atomic mass is 10.2. The molecule has 0 aliphatic heterocycles. The Morgan fingerprint density at radius 2 is 1.95 bits per heavy atom. The lowest BCUT2D eigenvalue weighted by molar-refractivity contribution is 0.270. The fourth-order valence-electron chi connectivity index (χ4n) is 2.02. The van der Waals surface area contributed by atoms with E-state index in [-0.39, 0.29) is 5.56 Å². The molecule has 4 heteroatoms. The van der Waals surface area contributed by atoms with Gasteiger partial charge >= 0.3 is 0 Å². The van der Waals surface area contributed by atoms with Crippen LogP contribution in [0.15, 0.2) is 54.7 Å². The van der Waals surface area contributed by atoms with Crippen LogP contribution in [0.25, 0.3) is 10.9 Å². The number of fused-ring (bicyclic) bond motifs is 1. The number of pyridine rings is 1. The first kappa shape index (κ1) is 12.6. The molecule has 3 aromatic rings. The number of hydrogen-bond acceptors (Lipinski definition) is 3. The Morgan fingerprint density at radius 1 is 1.10 bits per heavy atom. The quantitative estimate of drug-likeness (QED) is 0.789. The summed E-state index contributed by atoms with van der Waals surface area (Å²) in [6.07, 6.45) is 1.58. The predicted octanol–water partition coefficient (Wildman–Crippen LogP) is 3.66. The molecule has 0 saturated carbocycles. The van der Waals surface area contributed by atoms with Crippen molar-refractivity contribution in [2.45, 2.75) is 6.61 Å². The van der Waals surface area contributed by atoms with E-state index in [2.05, 4.69) is 4.98 Å². The largest absolute Gasteiger partial charge is 0.455 e. The van der Waals surface area contributed by atoms with Crippen molar-refractivity contribution in [1.29, 1.82) is 0 Å². The van der Waals surface area contributed by atoms with Gasteiger partial charge in [0.15, 0.2) is 0 Å². The monoisotopic (exact) mass is 269 g/mol. The molecular formula is C16H12FNO2. The molecule has 0 radical (unpaired) electrons. The summed E-state index contributed by atoms with van der Waals surface area (Å²) in [5.74, 6) is 0.312. The van der Waals surface area contributed by atoms with E-state index < -0.39 is 12.4 Å². The lowest BCUT2D eigenvalue weighted by Crippen LogP contribution is -1.95. The second kappa shape index (κ2) is 5.27. The van der Waals surface area contributed by atoms with E-state index in [4.69, 9.17) is 4.74 Å². The number of aliphatic hydroxyl groups excluding tert-OH is 1. The van der Waals surface area contributed by atoms with Crippen molar-refractivity contribution in [3.8, 4) is 11.5 Å². The number of aliphatic hydroxyl groups is 1. The highest BCUT2D eigenvalue weighted by Crippen LogP contribution is 2.28. The van der Waals surface area contributed by atoms with Gasteiger partial charge in [0, 0.05) is 5.39 Å². The van der Waals surface area contributed by atoms with E-state index >= 15 is 0 Å². The van der Waals surface area contributed by atoms with Crippen LogP contribution in [0.2, 0.25) is 0 Å². The summed E-state index contributed by atoms with van der Waals surface area (Å²) in [4.78, 5) is 4.27. The van der Waals surface area contributed by atoms with Crippen molar-refractivity contribution in [3.63, 3.8) is 0 Å². The Labute approximate surface area is 115 Å². The summed E-state index contributed by atoms with van der Waals surface area (Å²) >= 11 is 0. The fourth-order valence-corrected chi connectivity index (χ4v) is 2.02. The molecule has 1 heterocycles. The van der Waals surface area contributed by atoms with E-state index in [1.165, 1.54) is 12.1 Å². The van der Waals surface area contributed by atoms with Gasteiger partial charge in [-0.2, -0.15) is 0 Å². The van der Waals surface area contributed by atoms with Crippen molar-refractivity contribution in [2.75, 3.05) is 0 Å². The number of rotatable bonds is 3. The van der Waals surface area contributed by atoms with E-state index in [0.717, 1.165) is 10.9 Å². The molecule has 100 valence electrons. The Hall–Kier alpha value is -2.46. The number of hydrogen-bond donors (Lipinski definition) is 1. The Bertz CT molecular complexity index is 758. The van der Waals surface area contributed by atoms with Gasteiger partial charge in [0.1, 0.15) is 17.3 Å². The van der Waals surface area contributed by atoms with Crippen LogP contribution in [-0.4, -0.2) is 10.1 Å². The summed E-state index contributed by atoms with van der Waals surface area (Å²) < 4.78 is 19.2. The van der Waals surface area contributed by atoms with E-state index in [1.807, 2.05) is 30.3 Å². The van der Waals surface area contributed by atoms with E-state index in [0.29, 0.717) is 11.5 Å². The van der Waals surface area contributed by atoms with Gasteiger partial charge in [-0.3, -0.25) is 4.98 Å². The number of halogens is 1. The van der Waals surface area contributed by atoms with Gasteiger partial charge in [0.25, 0.3) is 0 Å². The average molecular weight is 269 g/mol. The SMILES string of the molecule is OCc1c(F)cccc1Oc1cnc2ccccc2c1. The normalized spacial score (nSPS) is 10.7. The molecule has 0 aliphatic carbocycles. The molecule has 0 saturated heterocycles. The van der Waals surface area contributed by atoms with Crippen LogP contribution in [0.1, 0.15) is 5.56 Å². The highest BCUT2D eigenvalue weighted by molar-refractivity contribution is 5.79. The summed E-state index contributed by atoms with van der Waals surface area (Å²) in [7, 11) is 0. The van der Waals surface area contributed by atoms with Crippen LogP contribution in [0.4, 0.5) is 4.39 Å². The van der Waals surface area contributed by atoms with Crippen LogP contribution in [0, 0.1) is 5.82 Å². The topological polar surface area (TPSA) is 42.4 Å². The number of benzene rings is 2. The minimum atomic E-state index is -0.487. The number of ether oxygens (including phenoxy) is 1. The standard InChI is InChI=1S/C16H12FNO2/c17-14-5-3-7-16(13(14)10-19)20-12-8-11-4-1-2-6-15(11)18-9-12/h1-9,19H,10H2. The van der Waals surface area contributed by atoms with Crippen LogP contribution in [0.3, 0.4) is 0 Å². The van der Waals surface area contributed by atoms with Gasteiger partial charge in [0.2, 0.25) is 0 Å². The number of para-hydroxylation sites is 1. The molecule has 3 rings (SSSR count). The zero-order chi connectivity index (χ0) is 13.9. The van der Waals surface area contributed by atoms with Crippen molar-refractivity contribution in [2.24, 2.45) is 0 Å². The maximum atomic E-state index is 13.6. The molecule has 0 fully saturated rings. The highest BCUT2D eigenvalue weighted by Gasteiger charge is 2.09. The van der Waals surface area contributed by atoms with Crippen LogP contribution in [0.5, 0.6) is 11.5 Å². The summed E-state index contributed by atoms with van der Waals surface area (Å²) in [5, 5.41) is 10.2. The molecule has 0 spiro atoms. The lowest BCUT2D eigenvalue weighted by Gasteiger charge is -2.10. The Morgan fingerprint density at radius 3 is 2.80 bits per heavy atom. The zero-order valence-corrected chi connectivity index (χ0v) is 10.6. The first-order valence-electron chi connectivity index (χ1n) is 6.19. The fraction of sp³-hybridized carbons (Fsp3) is 0.0625. The molecule has 0 aliphatic rings. The van der Waals surface area contributed by atoms with Gasteiger partial charge < -0.3 is 9.84 Å². The molecule has 0 atom stereocenters. The highest BCUT2D eigenvalue weighted by atomic mass is 19.1. The first-order chi connectivity index (χ1) is 9.78. The third kappa shape index (κ3) is 2.33. The van der Waals surface area contributed by atoms with Crippen LogP contribution in [-0.2, 0) is 6.61 Å². The molecule has 20 heavy (non-hydrogen) atoms. The summed E-state index contributed by atoms with van der Waals surface area (Å²) in [5.41, 5.74) is 1.00. The maximum Gasteiger partial charge on any atom is 0.146 e. The minimum absolute atomic E-state index is 0.139. The van der Waals surface area contributed by atoms with Gasteiger partial charge in [-0.05, 0) is 24.3 Å². The first-order valence-corrected chi connectivity index (χ1v) is 6.19. The second-order valence-corrected chi connectivity index (χ2v) is 4.34. The van der Waals surface area contributed by atoms with E-state index in [1.54, 1.807) is 12.3 Å². The Kier molecular flexibility index (Phi) is 3.31. The van der Waals surface area contributed by atoms with Gasteiger partial charge in [-0.1, -0.05) is 24.3 Å². The van der Waals surface area contributed by atoms with Gasteiger partial charge in [-0.15, -0.1) is 0 Å². The molecule has 1 N–H and O–H groups in total. The second-order valence-electron chi connectivity index (χ2n) is 4.34. The zero-order valence-electron chi connectivity index (χ0n) is 10.6. The van der Waals surface area contributed by atoms with Crippen molar-refractivity contribution in [3.05, 3.63) is 66.1 Å². The average Bonchev–Trinajstić information content (AvgIpc) is 2.47.